The smallest absolute Gasteiger partial charge is 0.257 e. The first kappa shape index (κ1) is 25.9. The van der Waals surface area contributed by atoms with E-state index in [1.54, 1.807) is 30.5 Å². The van der Waals surface area contributed by atoms with Crippen LogP contribution < -0.4 is 10.0 Å². The van der Waals surface area contributed by atoms with Gasteiger partial charge in [0.1, 0.15) is 0 Å². The number of rotatable bonds is 8. The molecule has 8 nitrogen and oxygen atoms in total. The van der Waals surface area contributed by atoms with E-state index in [9.17, 15) is 15.1 Å². The first-order chi connectivity index (χ1) is 18.6. The number of aliphatic hydroxyl groups is 1. The Labute approximate surface area is 224 Å². The molecule has 194 valence electrons. The molecule has 0 bridgehead atoms. The lowest BCUT2D eigenvalue weighted by Crippen LogP contribution is -2.32. The van der Waals surface area contributed by atoms with E-state index in [4.69, 9.17) is 9.47 Å². The first-order valence-electron chi connectivity index (χ1n) is 12.2. The largest absolute Gasteiger partial charge is 0.618 e. The lowest BCUT2D eigenvalue weighted by Gasteiger charge is -2.36. The fourth-order valence-corrected chi connectivity index (χ4v) is 5.08. The lowest BCUT2D eigenvalue weighted by atomic mass is 10.0. The highest BCUT2D eigenvalue weighted by molar-refractivity contribution is 7.99. The van der Waals surface area contributed by atoms with Crippen LogP contribution in [-0.4, -0.2) is 27.9 Å². The number of pyridine rings is 2. The Bertz CT molecular complexity index is 1350. The van der Waals surface area contributed by atoms with Crippen molar-refractivity contribution in [1.82, 2.24) is 4.98 Å². The molecule has 1 aliphatic rings. The summed E-state index contributed by atoms with van der Waals surface area (Å²) in [6.07, 6.45) is 4.20. The molecule has 0 saturated carbocycles. The van der Waals surface area contributed by atoms with Gasteiger partial charge in [0.25, 0.3) is 10.9 Å². The van der Waals surface area contributed by atoms with Crippen molar-refractivity contribution in [3.63, 3.8) is 0 Å². The van der Waals surface area contributed by atoms with E-state index in [0.29, 0.717) is 28.5 Å². The summed E-state index contributed by atoms with van der Waals surface area (Å²) in [5, 5.41) is 25.0. The van der Waals surface area contributed by atoms with Crippen molar-refractivity contribution < 1.29 is 24.1 Å². The van der Waals surface area contributed by atoms with E-state index >= 15 is 0 Å². The highest BCUT2D eigenvalue weighted by Gasteiger charge is 2.32. The van der Waals surface area contributed by atoms with Gasteiger partial charge in [-0.3, -0.25) is 9.78 Å². The highest BCUT2D eigenvalue weighted by atomic mass is 32.2. The van der Waals surface area contributed by atoms with E-state index in [1.165, 1.54) is 24.2 Å². The van der Waals surface area contributed by atoms with E-state index in [0.717, 1.165) is 21.4 Å². The lowest BCUT2D eigenvalue weighted by molar-refractivity contribution is -0.645. The number of hydrogen-bond acceptors (Lipinski definition) is 7. The molecule has 9 heteroatoms. The van der Waals surface area contributed by atoms with Crippen molar-refractivity contribution in [3.05, 3.63) is 125 Å². The van der Waals surface area contributed by atoms with Gasteiger partial charge in [0, 0.05) is 48.0 Å². The van der Waals surface area contributed by atoms with Crippen LogP contribution >= 0.6 is 11.8 Å². The minimum atomic E-state index is -0.630. The number of anilines is 1. The third kappa shape index (κ3) is 6.38. The van der Waals surface area contributed by atoms with Gasteiger partial charge in [-0.15, -0.1) is 0 Å². The number of carbonyl (C=O) groups is 1. The Kier molecular flexibility index (Phi) is 8.30. The zero-order valence-electron chi connectivity index (χ0n) is 20.5. The number of nitrogens with zero attached hydrogens (tertiary/aromatic N) is 2. The SMILES string of the molecule is O=C(Nc1ccc([C@@H]2O[C@H](CSc3cccc[n+]3[O-])C[C@H](c3ccc(CO)cc3)O2)cc1)c1cccnc1. The van der Waals surface area contributed by atoms with Crippen molar-refractivity contribution in [2.45, 2.75) is 36.6 Å². The van der Waals surface area contributed by atoms with Gasteiger partial charge in [-0.25, -0.2) is 0 Å². The fourth-order valence-electron chi connectivity index (χ4n) is 4.15. The molecule has 2 aromatic heterocycles. The monoisotopic (exact) mass is 529 g/mol. The molecule has 5 rings (SSSR count). The van der Waals surface area contributed by atoms with Crippen molar-refractivity contribution in [2.75, 3.05) is 11.1 Å². The number of ether oxygens (including phenoxy) is 2. The summed E-state index contributed by atoms with van der Waals surface area (Å²) in [4.78, 5) is 16.4. The van der Waals surface area contributed by atoms with Crippen molar-refractivity contribution in [3.8, 4) is 0 Å². The molecule has 0 aliphatic carbocycles. The second kappa shape index (κ2) is 12.2. The number of aromatic nitrogens is 2. The number of carbonyl (C=O) groups excluding carboxylic acids is 1. The predicted octanol–water partition coefficient (Wildman–Crippen LogP) is 4.80. The number of aliphatic hydroxyl groups excluding tert-OH is 1. The van der Waals surface area contributed by atoms with Crippen LogP contribution in [-0.2, 0) is 16.1 Å². The van der Waals surface area contributed by atoms with Gasteiger partial charge in [-0.05, 0) is 41.5 Å². The minimum absolute atomic E-state index is 0.0211. The maximum Gasteiger partial charge on any atom is 0.257 e. The van der Waals surface area contributed by atoms with Gasteiger partial charge in [-0.2, -0.15) is 4.73 Å². The molecular formula is C29H27N3O5S. The average Bonchev–Trinajstić information content (AvgIpc) is 2.97. The fraction of sp³-hybridized carbons (Fsp3) is 0.207. The van der Waals surface area contributed by atoms with E-state index in [1.807, 2.05) is 54.6 Å². The summed E-state index contributed by atoms with van der Waals surface area (Å²) in [5.41, 5.74) is 3.76. The summed E-state index contributed by atoms with van der Waals surface area (Å²) in [6, 6.07) is 23.8. The number of thioether (sulfide) groups is 1. The first-order valence-corrected chi connectivity index (χ1v) is 13.2. The maximum absolute atomic E-state index is 12.5. The predicted molar refractivity (Wildman–Crippen MR) is 143 cm³/mol. The van der Waals surface area contributed by atoms with Crippen LogP contribution in [0.3, 0.4) is 0 Å². The van der Waals surface area contributed by atoms with Gasteiger partial charge in [0.15, 0.2) is 12.5 Å². The van der Waals surface area contributed by atoms with Crippen LogP contribution in [0, 0.1) is 5.21 Å². The van der Waals surface area contributed by atoms with Crippen LogP contribution in [0.1, 0.15) is 45.9 Å². The molecular weight excluding hydrogens is 502 g/mol. The van der Waals surface area contributed by atoms with Gasteiger partial charge >= 0.3 is 0 Å². The van der Waals surface area contributed by atoms with Gasteiger partial charge in [0.05, 0.1) is 24.4 Å². The average molecular weight is 530 g/mol. The molecule has 1 fully saturated rings. The normalized spacial score (nSPS) is 19.1. The zero-order valence-corrected chi connectivity index (χ0v) is 21.3. The minimum Gasteiger partial charge on any atom is -0.618 e. The molecule has 1 amide bonds. The molecule has 38 heavy (non-hydrogen) atoms. The van der Waals surface area contributed by atoms with E-state index < -0.39 is 6.29 Å². The summed E-state index contributed by atoms with van der Waals surface area (Å²) in [7, 11) is 0. The Morgan fingerprint density at radius 3 is 2.53 bits per heavy atom. The second-order valence-corrected chi connectivity index (χ2v) is 9.88. The third-order valence-corrected chi connectivity index (χ3v) is 7.34. The van der Waals surface area contributed by atoms with Crippen molar-refractivity contribution in [1.29, 1.82) is 0 Å². The van der Waals surface area contributed by atoms with Crippen LogP contribution in [0.5, 0.6) is 0 Å². The van der Waals surface area contributed by atoms with Crippen LogP contribution in [0.25, 0.3) is 0 Å². The third-order valence-electron chi connectivity index (χ3n) is 6.19. The van der Waals surface area contributed by atoms with Crippen LogP contribution in [0.15, 0.2) is 102 Å². The molecule has 0 spiro atoms. The quantitative estimate of drug-likeness (QED) is 0.192. The van der Waals surface area contributed by atoms with Crippen LogP contribution in [0.2, 0.25) is 0 Å². The molecule has 2 aromatic carbocycles. The second-order valence-electron chi connectivity index (χ2n) is 8.84. The molecule has 2 N–H and O–H groups in total. The number of amides is 1. The Balaban J connectivity index is 1.32. The van der Waals surface area contributed by atoms with Gasteiger partial charge in [0.2, 0.25) is 0 Å². The topological polar surface area (TPSA) is 108 Å². The van der Waals surface area contributed by atoms with E-state index in [-0.39, 0.29) is 24.7 Å². The number of nitrogens with one attached hydrogen (secondary N) is 1. The van der Waals surface area contributed by atoms with Crippen molar-refractivity contribution in [2.24, 2.45) is 0 Å². The Morgan fingerprint density at radius 2 is 1.82 bits per heavy atom. The number of benzene rings is 2. The molecule has 3 atom stereocenters. The highest BCUT2D eigenvalue weighted by Crippen LogP contribution is 2.39. The van der Waals surface area contributed by atoms with Crippen LogP contribution in [0.4, 0.5) is 5.69 Å². The Morgan fingerprint density at radius 1 is 1.03 bits per heavy atom. The number of hydrogen-bond donors (Lipinski definition) is 2. The van der Waals surface area contributed by atoms with E-state index in [2.05, 4.69) is 10.3 Å². The maximum atomic E-state index is 12.5. The molecule has 0 radical (unpaired) electrons. The van der Waals surface area contributed by atoms with Gasteiger partial charge < -0.3 is 25.1 Å². The summed E-state index contributed by atoms with van der Waals surface area (Å²) in [6.45, 7) is -0.0211. The Hall–Kier alpha value is -3.76. The molecule has 4 aromatic rings. The van der Waals surface area contributed by atoms with Gasteiger partial charge in [-0.1, -0.05) is 48.2 Å². The molecule has 0 unspecified atom stereocenters. The van der Waals surface area contributed by atoms with Crippen molar-refractivity contribution >= 4 is 23.4 Å². The standard InChI is InChI=1S/C29H27N3O5S/c33-18-20-6-8-21(9-7-20)26-16-25(19-38-27-5-1-2-15-32(27)35)36-29(37-26)22-10-12-24(13-11-22)31-28(34)23-4-3-14-30-17-23/h1-15,17,25-26,29,33H,16,18-19H2,(H,31,34)/t25-,26+,29+/m0/s1. The molecule has 1 saturated heterocycles. The molecule has 1 aliphatic heterocycles. The summed E-state index contributed by atoms with van der Waals surface area (Å²) >= 11 is 1.45. The zero-order chi connectivity index (χ0) is 26.3. The molecule has 3 heterocycles. The summed E-state index contributed by atoms with van der Waals surface area (Å²) in [5.74, 6) is 0.340. The summed E-state index contributed by atoms with van der Waals surface area (Å²) < 4.78 is 13.6.